The summed E-state index contributed by atoms with van der Waals surface area (Å²) in [5.74, 6) is 0.638. The number of benzene rings is 2. The van der Waals surface area contributed by atoms with Crippen molar-refractivity contribution in [3.63, 3.8) is 0 Å². The van der Waals surface area contributed by atoms with Gasteiger partial charge >= 0.3 is 0 Å². The molecule has 1 aliphatic heterocycles. The molecule has 0 saturated carbocycles. The highest BCUT2D eigenvalue weighted by molar-refractivity contribution is 5.80. The largest absolute Gasteiger partial charge is 0.481 e. The molecule has 1 fully saturated rings. The predicted molar refractivity (Wildman–Crippen MR) is 113 cm³/mol. The molecule has 4 heteroatoms. The van der Waals surface area contributed by atoms with E-state index < -0.39 is 6.10 Å². The Labute approximate surface area is 168 Å². The first-order valence-corrected chi connectivity index (χ1v) is 10.3. The first-order valence-electron chi connectivity index (χ1n) is 10.3. The number of rotatable bonds is 7. The molecule has 0 aromatic heterocycles. The van der Waals surface area contributed by atoms with Crippen molar-refractivity contribution in [1.82, 2.24) is 10.2 Å². The summed E-state index contributed by atoms with van der Waals surface area (Å²) in [7, 11) is 0. The van der Waals surface area contributed by atoms with Crippen molar-refractivity contribution in [3.05, 3.63) is 64.7 Å². The quantitative estimate of drug-likeness (QED) is 0.775. The molecule has 1 heterocycles. The number of likely N-dealkylation sites (tertiary alicyclic amines) is 1. The molecule has 4 nitrogen and oxygen atoms in total. The second kappa shape index (κ2) is 9.74. The zero-order chi connectivity index (χ0) is 19.9. The van der Waals surface area contributed by atoms with Crippen molar-refractivity contribution in [3.8, 4) is 5.75 Å². The van der Waals surface area contributed by atoms with Crippen LogP contribution in [-0.2, 0) is 17.9 Å². The molecule has 0 spiro atoms. The Balaban J connectivity index is 1.46. The molecule has 28 heavy (non-hydrogen) atoms. The number of nitrogens with zero attached hydrogens (tertiary/aromatic N) is 1. The van der Waals surface area contributed by atoms with Crippen molar-refractivity contribution in [2.24, 2.45) is 0 Å². The van der Waals surface area contributed by atoms with Crippen molar-refractivity contribution in [1.29, 1.82) is 0 Å². The van der Waals surface area contributed by atoms with E-state index in [0.717, 1.165) is 29.0 Å². The number of piperidine rings is 1. The molecule has 150 valence electrons. The standard InChI is InChI=1S/C24H32N2O2/c1-18-13-19(2)15-23(14-18)28-20(3)24(27)25-16-21-7-9-22(10-8-21)17-26-11-5-4-6-12-26/h7-10,13-15,20H,4-6,11-12,16-17H2,1-3H3,(H,25,27)/t20-/m1/s1. The molecule has 1 atom stereocenters. The van der Waals surface area contributed by atoms with Crippen LogP contribution >= 0.6 is 0 Å². The maximum atomic E-state index is 12.4. The van der Waals surface area contributed by atoms with E-state index in [9.17, 15) is 4.79 Å². The zero-order valence-corrected chi connectivity index (χ0v) is 17.3. The Hall–Kier alpha value is -2.33. The van der Waals surface area contributed by atoms with Crippen LogP contribution in [0.3, 0.4) is 0 Å². The smallest absolute Gasteiger partial charge is 0.261 e. The lowest BCUT2D eigenvalue weighted by Gasteiger charge is -2.26. The third-order valence-electron chi connectivity index (χ3n) is 5.22. The van der Waals surface area contributed by atoms with Crippen molar-refractivity contribution < 1.29 is 9.53 Å². The molecule has 0 unspecified atom stereocenters. The Morgan fingerprint density at radius 2 is 1.61 bits per heavy atom. The lowest BCUT2D eigenvalue weighted by atomic mass is 10.1. The second-order valence-corrected chi connectivity index (χ2v) is 7.95. The van der Waals surface area contributed by atoms with Crippen LogP contribution in [0.2, 0.25) is 0 Å². The normalized spacial score (nSPS) is 15.8. The molecular weight excluding hydrogens is 348 g/mol. The van der Waals surface area contributed by atoms with Gasteiger partial charge in [-0.3, -0.25) is 9.69 Å². The van der Waals surface area contributed by atoms with Crippen LogP contribution in [0, 0.1) is 13.8 Å². The predicted octanol–water partition coefficient (Wildman–Crippen LogP) is 4.37. The minimum Gasteiger partial charge on any atom is -0.481 e. The molecule has 0 aliphatic carbocycles. The van der Waals surface area contributed by atoms with Crippen molar-refractivity contribution >= 4 is 5.91 Å². The van der Waals surface area contributed by atoms with Gasteiger partial charge in [-0.05, 0) is 81.1 Å². The number of carbonyl (C=O) groups excluding carboxylic acids is 1. The van der Waals surface area contributed by atoms with Gasteiger partial charge in [-0.2, -0.15) is 0 Å². The highest BCUT2D eigenvalue weighted by Crippen LogP contribution is 2.18. The van der Waals surface area contributed by atoms with Gasteiger partial charge < -0.3 is 10.1 Å². The molecule has 2 aromatic carbocycles. The maximum absolute atomic E-state index is 12.4. The van der Waals surface area contributed by atoms with Gasteiger partial charge in [0.15, 0.2) is 6.10 Å². The van der Waals surface area contributed by atoms with E-state index in [0.29, 0.717) is 6.54 Å². The SMILES string of the molecule is Cc1cc(C)cc(O[C@H](C)C(=O)NCc2ccc(CN3CCCCC3)cc2)c1. The van der Waals surface area contributed by atoms with Crippen LogP contribution in [0.5, 0.6) is 5.75 Å². The number of hydrogen-bond donors (Lipinski definition) is 1. The van der Waals surface area contributed by atoms with Gasteiger partial charge in [0.2, 0.25) is 0 Å². The number of amides is 1. The van der Waals surface area contributed by atoms with E-state index >= 15 is 0 Å². The lowest BCUT2D eigenvalue weighted by Crippen LogP contribution is -2.35. The molecule has 2 aromatic rings. The van der Waals surface area contributed by atoms with E-state index in [-0.39, 0.29) is 5.91 Å². The monoisotopic (exact) mass is 380 g/mol. The third kappa shape index (κ3) is 6.10. The molecular formula is C24H32N2O2. The van der Waals surface area contributed by atoms with E-state index in [1.54, 1.807) is 6.92 Å². The van der Waals surface area contributed by atoms with Gasteiger partial charge in [-0.25, -0.2) is 0 Å². The third-order valence-corrected chi connectivity index (χ3v) is 5.22. The summed E-state index contributed by atoms with van der Waals surface area (Å²) in [6.45, 7) is 9.79. The van der Waals surface area contributed by atoms with Gasteiger partial charge in [-0.1, -0.05) is 36.8 Å². The Morgan fingerprint density at radius 1 is 1.00 bits per heavy atom. The van der Waals surface area contributed by atoms with E-state index in [1.807, 2.05) is 26.0 Å². The molecule has 1 aliphatic rings. The number of nitrogens with one attached hydrogen (secondary N) is 1. The zero-order valence-electron chi connectivity index (χ0n) is 17.3. The Morgan fingerprint density at radius 3 is 2.25 bits per heavy atom. The lowest BCUT2D eigenvalue weighted by molar-refractivity contribution is -0.127. The minimum absolute atomic E-state index is 0.100. The summed E-state index contributed by atoms with van der Waals surface area (Å²) in [4.78, 5) is 14.9. The fraction of sp³-hybridized carbons (Fsp3) is 0.458. The molecule has 1 amide bonds. The number of hydrogen-bond acceptors (Lipinski definition) is 3. The van der Waals surface area contributed by atoms with Crippen molar-refractivity contribution in [2.45, 2.75) is 59.2 Å². The fourth-order valence-corrected chi connectivity index (χ4v) is 3.73. The topological polar surface area (TPSA) is 41.6 Å². The number of ether oxygens (including phenoxy) is 1. The maximum Gasteiger partial charge on any atom is 0.261 e. The summed E-state index contributed by atoms with van der Waals surface area (Å²) in [5.41, 5.74) is 4.71. The van der Waals surface area contributed by atoms with Gasteiger partial charge in [0.05, 0.1) is 0 Å². The highest BCUT2D eigenvalue weighted by Gasteiger charge is 2.15. The molecule has 0 radical (unpaired) electrons. The van der Waals surface area contributed by atoms with Crippen LogP contribution in [0.25, 0.3) is 0 Å². The van der Waals surface area contributed by atoms with Crippen LogP contribution in [-0.4, -0.2) is 30.0 Å². The minimum atomic E-state index is -0.528. The Kier molecular flexibility index (Phi) is 7.10. The van der Waals surface area contributed by atoms with Gasteiger partial charge in [0, 0.05) is 13.1 Å². The summed E-state index contributed by atoms with van der Waals surface area (Å²) < 4.78 is 5.81. The fourth-order valence-electron chi connectivity index (χ4n) is 3.73. The molecule has 0 bridgehead atoms. The summed E-state index contributed by atoms with van der Waals surface area (Å²) >= 11 is 0. The van der Waals surface area contributed by atoms with E-state index in [2.05, 4.69) is 40.5 Å². The van der Waals surface area contributed by atoms with Crippen molar-refractivity contribution in [2.75, 3.05) is 13.1 Å². The number of aryl methyl sites for hydroxylation is 2. The average molecular weight is 381 g/mol. The van der Waals surface area contributed by atoms with Crippen LogP contribution in [0.15, 0.2) is 42.5 Å². The van der Waals surface area contributed by atoms with Gasteiger partial charge in [0.1, 0.15) is 5.75 Å². The first kappa shape index (κ1) is 20.4. The highest BCUT2D eigenvalue weighted by atomic mass is 16.5. The van der Waals surface area contributed by atoms with Crippen LogP contribution < -0.4 is 10.1 Å². The molecule has 1 saturated heterocycles. The number of carbonyl (C=O) groups is 1. The summed E-state index contributed by atoms with van der Waals surface area (Å²) in [6.07, 6.45) is 3.46. The van der Waals surface area contributed by atoms with E-state index in [4.69, 9.17) is 4.74 Å². The molecule has 3 rings (SSSR count). The van der Waals surface area contributed by atoms with Crippen LogP contribution in [0.1, 0.15) is 48.4 Å². The Bertz CT molecular complexity index is 759. The summed E-state index contributed by atoms with van der Waals surface area (Å²) in [6, 6.07) is 14.6. The summed E-state index contributed by atoms with van der Waals surface area (Å²) in [5, 5.41) is 2.97. The van der Waals surface area contributed by atoms with E-state index in [1.165, 1.54) is 37.9 Å². The van der Waals surface area contributed by atoms with Gasteiger partial charge in [-0.15, -0.1) is 0 Å². The average Bonchev–Trinajstić information content (AvgIpc) is 2.67. The molecule has 1 N–H and O–H groups in total. The second-order valence-electron chi connectivity index (χ2n) is 7.95. The first-order chi connectivity index (χ1) is 13.5. The van der Waals surface area contributed by atoms with Gasteiger partial charge in [0.25, 0.3) is 5.91 Å². The van der Waals surface area contributed by atoms with Crippen LogP contribution in [0.4, 0.5) is 0 Å².